The highest BCUT2D eigenvalue weighted by Gasteiger charge is 2.20. The molecule has 3 aromatic carbocycles. The highest BCUT2D eigenvalue weighted by Crippen LogP contribution is 2.30. The van der Waals surface area contributed by atoms with E-state index < -0.39 is 0 Å². The number of anilines is 4. The second-order valence-electron chi connectivity index (χ2n) is 11.4. The summed E-state index contributed by atoms with van der Waals surface area (Å²) < 4.78 is 5.34. The molecule has 2 heterocycles. The lowest BCUT2D eigenvalue weighted by molar-refractivity contribution is 0.0303. The number of rotatable bonds is 8. The van der Waals surface area contributed by atoms with Crippen LogP contribution in [0.1, 0.15) is 52.6 Å². The van der Waals surface area contributed by atoms with Gasteiger partial charge in [0.25, 0.3) is 11.8 Å². The molecule has 1 aliphatic rings. The lowest BCUT2D eigenvalue weighted by Gasteiger charge is -2.26. The van der Waals surface area contributed by atoms with E-state index in [-0.39, 0.29) is 29.8 Å². The molecule has 0 radical (unpaired) electrons. The fraction of sp³-hybridized carbons (Fsp3) is 0.303. The van der Waals surface area contributed by atoms with Gasteiger partial charge in [-0.2, -0.15) is 15.0 Å². The number of carbonyl (C=O) groups excluding carboxylic acids is 2. The Morgan fingerprint density at radius 1 is 0.886 bits per heavy atom. The number of hydrogen-bond donors (Lipinski definition) is 4. The number of aliphatic hydroxyl groups excluding tert-OH is 1. The third-order valence-electron chi connectivity index (χ3n) is 7.38. The molecule has 0 bridgehead atoms. The van der Waals surface area contributed by atoms with Crippen molar-refractivity contribution in [2.24, 2.45) is 0 Å². The van der Waals surface area contributed by atoms with Crippen LogP contribution in [-0.4, -0.2) is 70.1 Å². The van der Waals surface area contributed by atoms with Gasteiger partial charge >= 0.3 is 0 Å². The number of ether oxygens (including phenoxy) is 1. The highest BCUT2D eigenvalue weighted by molar-refractivity contribution is 6.05. The molecule has 228 valence electrons. The Kier molecular flexibility index (Phi) is 9.17. The van der Waals surface area contributed by atoms with E-state index in [1.54, 1.807) is 66.5 Å². The zero-order valence-corrected chi connectivity index (χ0v) is 25.3. The first kappa shape index (κ1) is 30.6. The summed E-state index contributed by atoms with van der Waals surface area (Å²) in [6, 6.07) is 19.9. The first-order valence-electron chi connectivity index (χ1n) is 14.5. The number of nitrogens with one attached hydrogen (secondary N) is 3. The van der Waals surface area contributed by atoms with E-state index in [2.05, 4.69) is 51.7 Å². The molecular formula is C33H37N7O4. The minimum Gasteiger partial charge on any atom is -0.392 e. The van der Waals surface area contributed by atoms with Gasteiger partial charge in [-0.15, -0.1) is 0 Å². The average Bonchev–Trinajstić information content (AvgIpc) is 3.04. The summed E-state index contributed by atoms with van der Waals surface area (Å²) in [5, 5.41) is 19.4. The molecule has 0 aliphatic carbocycles. The molecule has 4 N–H and O–H groups in total. The van der Waals surface area contributed by atoms with Crippen LogP contribution in [0.2, 0.25) is 0 Å². The summed E-state index contributed by atoms with van der Waals surface area (Å²) >= 11 is 0. The summed E-state index contributed by atoms with van der Waals surface area (Å²) in [5.74, 6) is 0.561. The largest absolute Gasteiger partial charge is 0.392 e. The fourth-order valence-electron chi connectivity index (χ4n) is 4.84. The molecule has 44 heavy (non-hydrogen) atoms. The van der Waals surface area contributed by atoms with Crippen molar-refractivity contribution in [3.05, 3.63) is 89.0 Å². The lowest BCUT2D eigenvalue weighted by atomic mass is 9.86. The number of morpholine rings is 1. The Bertz CT molecular complexity index is 1630. The number of amides is 2. The number of carbonyl (C=O) groups is 2. The number of nitrogens with zero attached hydrogens (tertiary/aromatic N) is 4. The van der Waals surface area contributed by atoms with Crippen LogP contribution >= 0.6 is 0 Å². The van der Waals surface area contributed by atoms with Crippen molar-refractivity contribution in [3.63, 3.8) is 0 Å². The smallest absolute Gasteiger partial charge is 0.255 e. The maximum Gasteiger partial charge on any atom is 0.255 e. The van der Waals surface area contributed by atoms with Crippen LogP contribution < -0.4 is 16.0 Å². The summed E-state index contributed by atoms with van der Waals surface area (Å²) in [6.45, 7) is 8.24. The van der Waals surface area contributed by atoms with Crippen LogP contribution in [0.25, 0.3) is 11.4 Å². The van der Waals surface area contributed by atoms with Crippen molar-refractivity contribution >= 4 is 35.1 Å². The molecule has 1 aromatic heterocycles. The second kappa shape index (κ2) is 13.2. The van der Waals surface area contributed by atoms with Crippen LogP contribution in [0, 0.1) is 0 Å². The molecule has 1 aliphatic heterocycles. The quantitative estimate of drug-likeness (QED) is 0.225. The molecule has 2 amide bonds. The molecule has 11 heteroatoms. The van der Waals surface area contributed by atoms with Crippen molar-refractivity contribution < 1.29 is 19.4 Å². The first-order valence-corrected chi connectivity index (χ1v) is 14.5. The Morgan fingerprint density at radius 3 is 2.18 bits per heavy atom. The molecule has 0 atom stereocenters. The maximum absolute atomic E-state index is 13.1. The molecular weight excluding hydrogens is 558 g/mol. The monoisotopic (exact) mass is 595 g/mol. The van der Waals surface area contributed by atoms with Crippen molar-refractivity contribution in [2.75, 3.05) is 49.3 Å². The van der Waals surface area contributed by atoms with E-state index in [1.807, 2.05) is 12.1 Å². The van der Waals surface area contributed by atoms with Crippen LogP contribution in [0.5, 0.6) is 0 Å². The van der Waals surface area contributed by atoms with Gasteiger partial charge in [0.2, 0.25) is 11.9 Å². The predicted octanol–water partition coefficient (Wildman–Crippen LogP) is 4.84. The third-order valence-corrected chi connectivity index (χ3v) is 7.38. The van der Waals surface area contributed by atoms with Crippen molar-refractivity contribution in [1.82, 2.24) is 19.9 Å². The van der Waals surface area contributed by atoms with Crippen LogP contribution in [-0.2, 0) is 16.8 Å². The Labute approximate surface area is 256 Å². The van der Waals surface area contributed by atoms with Gasteiger partial charge in [0.05, 0.1) is 19.8 Å². The Balaban J connectivity index is 1.37. The van der Waals surface area contributed by atoms with Gasteiger partial charge in [-0.1, -0.05) is 45.0 Å². The normalized spacial score (nSPS) is 13.3. The molecule has 1 saturated heterocycles. The number of aliphatic hydroxyl groups is 1. The van der Waals surface area contributed by atoms with E-state index >= 15 is 0 Å². The first-order chi connectivity index (χ1) is 21.2. The van der Waals surface area contributed by atoms with E-state index in [0.29, 0.717) is 71.7 Å². The molecule has 5 rings (SSSR count). The van der Waals surface area contributed by atoms with Gasteiger partial charge in [-0.3, -0.25) is 9.59 Å². The molecule has 11 nitrogen and oxygen atoms in total. The molecule has 4 aromatic rings. The average molecular weight is 596 g/mol. The summed E-state index contributed by atoms with van der Waals surface area (Å²) in [4.78, 5) is 41.3. The number of hydrogen-bond acceptors (Lipinski definition) is 9. The van der Waals surface area contributed by atoms with Crippen molar-refractivity contribution in [3.8, 4) is 11.4 Å². The van der Waals surface area contributed by atoms with Gasteiger partial charge in [-0.25, -0.2) is 0 Å². The second-order valence-corrected chi connectivity index (χ2v) is 11.4. The van der Waals surface area contributed by atoms with Gasteiger partial charge in [-0.05, 0) is 53.4 Å². The van der Waals surface area contributed by atoms with E-state index in [1.165, 1.54) is 0 Å². The summed E-state index contributed by atoms with van der Waals surface area (Å²) in [5.41, 5.74) is 4.35. The SMILES string of the molecule is CNc1nc(Nc2ccc(C(=O)N3CCOCC3)cc2)nc(-c2cccc(NC(=O)c3ccc(C(C)(C)C)cc3)c2CO)n1. The number of benzene rings is 3. The van der Waals surface area contributed by atoms with Gasteiger partial charge in [0, 0.05) is 53.8 Å². The lowest BCUT2D eigenvalue weighted by Crippen LogP contribution is -2.40. The van der Waals surface area contributed by atoms with Crippen LogP contribution in [0.15, 0.2) is 66.7 Å². The summed E-state index contributed by atoms with van der Waals surface area (Å²) in [7, 11) is 1.70. The van der Waals surface area contributed by atoms with Gasteiger partial charge in [0.15, 0.2) is 5.82 Å². The van der Waals surface area contributed by atoms with Crippen molar-refractivity contribution in [2.45, 2.75) is 32.8 Å². The minimum atomic E-state index is -0.350. The molecule has 0 unspecified atom stereocenters. The summed E-state index contributed by atoms with van der Waals surface area (Å²) in [6.07, 6.45) is 0. The van der Waals surface area contributed by atoms with Crippen LogP contribution in [0.3, 0.4) is 0 Å². The van der Waals surface area contributed by atoms with Crippen molar-refractivity contribution in [1.29, 1.82) is 0 Å². The van der Waals surface area contributed by atoms with Gasteiger partial charge < -0.3 is 30.7 Å². The number of aromatic nitrogens is 3. The molecule has 1 fully saturated rings. The van der Waals surface area contributed by atoms with Gasteiger partial charge in [0.1, 0.15) is 0 Å². The van der Waals surface area contributed by atoms with Crippen LogP contribution in [0.4, 0.5) is 23.3 Å². The zero-order valence-electron chi connectivity index (χ0n) is 25.3. The van der Waals surface area contributed by atoms with E-state index in [4.69, 9.17) is 4.74 Å². The Morgan fingerprint density at radius 2 is 1.55 bits per heavy atom. The third kappa shape index (κ3) is 7.01. The highest BCUT2D eigenvalue weighted by atomic mass is 16.5. The van der Waals surface area contributed by atoms with E-state index in [9.17, 15) is 14.7 Å². The minimum absolute atomic E-state index is 0.0244. The molecule has 0 saturated carbocycles. The molecule has 0 spiro atoms. The topological polar surface area (TPSA) is 142 Å². The fourth-order valence-corrected chi connectivity index (χ4v) is 4.84. The van der Waals surface area contributed by atoms with E-state index in [0.717, 1.165) is 5.56 Å². The standard InChI is InChI=1S/C33H37N7O4/c1-33(2,3)23-12-8-21(9-13-23)29(42)36-27-7-5-6-25(26(27)20-41)28-37-31(34-4)39-32(38-28)35-24-14-10-22(11-15-24)30(43)40-16-18-44-19-17-40/h5-15,41H,16-20H2,1-4H3,(H,36,42)(H2,34,35,37,38,39). The zero-order chi connectivity index (χ0) is 31.3. The predicted molar refractivity (Wildman–Crippen MR) is 170 cm³/mol. The maximum atomic E-state index is 13.1. The Hall–Kier alpha value is -4.87.